The van der Waals surface area contributed by atoms with Crippen molar-refractivity contribution >= 4 is 0 Å². The molecule has 1 aliphatic carbocycles. The average Bonchev–Trinajstić information content (AvgIpc) is 2.32. The molecule has 3 heteroatoms. The Balaban J connectivity index is 1.90. The third-order valence-corrected chi connectivity index (χ3v) is 4.05. The van der Waals surface area contributed by atoms with E-state index in [4.69, 9.17) is 0 Å². The zero-order valence-corrected chi connectivity index (χ0v) is 11.5. The van der Waals surface area contributed by atoms with Crippen molar-refractivity contribution < 1.29 is 4.39 Å². The summed E-state index contributed by atoms with van der Waals surface area (Å²) in [6, 6.07) is 2.29. The smallest absolute Gasteiger partial charge is 0.141 e. The van der Waals surface area contributed by atoms with Crippen LogP contribution >= 0.6 is 0 Å². The topological polar surface area (TPSA) is 24.9 Å². The molecule has 0 radical (unpaired) electrons. The summed E-state index contributed by atoms with van der Waals surface area (Å²) in [6.45, 7) is 6.75. The van der Waals surface area contributed by atoms with E-state index in [2.05, 4.69) is 31.1 Å². The number of hydrogen-bond acceptors (Lipinski definition) is 2. The Kier molecular flexibility index (Phi) is 4.00. The van der Waals surface area contributed by atoms with Gasteiger partial charge in [0.25, 0.3) is 0 Å². The molecule has 1 aliphatic rings. The van der Waals surface area contributed by atoms with Crippen molar-refractivity contribution in [3.05, 3.63) is 29.8 Å². The molecule has 0 aliphatic heterocycles. The normalized spacial score (nSPS) is 21.8. The van der Waals surface area contributed by atoms with Gasteiger partial charge in [0.05, 0.1) is 6.20 Å². The van der Waals surface area contributed by atoms with Crippen LogP contribution in [-0.2, 0) is 0 Å². The van der Waals surface area contributed by atoms with Crippen LogP contribution in [0.15, 0.2) is 18.5 Å². The molecular weight excluding hydrogens is 227 g/mol. The highest BCUT2D eigenvalue weighted by Crippen LogP contribution is 2.35. The fourth-order valence-corrected chi connectivity index (χ4v) is 2.68. The first-order valence-corrected chi connectivity index (χ1v) is 6.83. The predicted octanol–water partition coefficient (Wildman–Crippen LogP) is 3.84. The fourth-order valence-electron chi connectivity index (χ4n) is 2.68. The van der Waals surface area contributed by atoms with Gasteiger partial charge in [0.15, 0.2) is 0 Å². The van der Waals surface area contributed by atoms with Gasteiger partial charge >= 0.3 is 0 Å². The van der Waals surface area contributed by atoms with E-state index in [0.29, 0.717) is 11.5 Å². The fraction of sp³-hybridized carbons (Fsp3) is 0.667. The van der Waals surface area contributed by atoms with Gasteiger partial charge in [0.2, 0.25) is 0 Å². The summed E-state index contributed by atoms with van der Waals surface area (Å²) in [7, 11) is 0. The second-order valence-corrected chi connectivity index (χ2v) is 6.26. The molecule has 0 bridgehead atoms. The maximum Gasteiger partial charge on any atom is 0.141 e. The second kappa shape index (κ2) is 5.35. The summed E-state index contributed by atoms with van der Waals surface area (Å²) in [5.41, 5.74) is 1.42. The summed E-state index contributed by atoms with van der Waals surface area (Å²) in [5.74, 6) is -0.258. The Bertz CT molecular complexity index is 393. The molecule has 1 N–H and O–H groups in total. The summed E-state index contributed by atoms with van der Waals surface area (Å²) in [4.78, 5) is 3.91. The molecule has 1 heterocycles. The van der Waals surface area contributed by atoms with Crippen LogP contribution in [-0.4, -0.2) is 11.0 Å². The first-order valence-electron chi connectivity index (χ1n) is 6.83. The van der Waals surface area contributed by atoms with Crippen molar-refractivity contribution in [1.29, 1.82) is 0 Å². The Morgan fingerprint density at radius 1 is 1.33 bits per heavy atom. The molecule has 0 aromatic carbocycles. The van der Waals surface area contributed by atoms with E-state index in [-0.39, 0.29) is 11.9 Å². The number of pyridine rings is 1. The lowest BCUT2D eigenvalue weighted by Gasteiger charge is -2.36. The van der Waals surface area contributed by atoms with Crippen LogP contribution in [0.2, 0.25) is 0 Å². The van der Waals surface area contributed by atoms with Crippen LogP contribution in [0.4, 0.5) is 4.39 Å². The molecule has 0 amide bonds. The zero-order valence-electron chi connectivity index (χ0n) is 11.5. The lowest BCUT2D eigenvalue weighted by Crippen LogP contribution is -2.37. The monoisotopic (exact) mass is 250 g/mol. The summed E-state index contributed by atoms with van der Waals surface area (Å²) in [6.07, 6.45) is 7.94. The minimum absolute atomic E-state index is 0.166. The maximum absolute atomic E-state index is 13.1. The van der Waals surface area contributed by atoms with Crippen molar-refractivity contribution in [3.63, 3.8) is 0 Å². The molecule has 0 spiro atoms. The Labute approximate surface area is 109 Å². The van der Waals surface area contributed by atoms with E-state index >= 15 is 0 Å². The average molecular weight is 250 g/mol. The summed E-state index contributed by atoms with van der Waals surface area (Å²) in [5, 5.41) is 3.59. The highest BCUT2D eigenvalue weighted by atomic mass is 19.1. The molecule has 2 rings (SSSR count). The summed E-state index contributed by atoms with van der Waals surface area (Å²) < 4.78 is 13.1. The van der Waals surface area contributed by atoms with Gasteiger partial charge in [0, 0.05) is 18.3 Å². The number of rotatable bonds is 3. The molecule has 1 saturated carbocycles. The Hall–Kier alpha value is -0.960. The standard InChI is InChI=1S/C15H23FN2/c1-11(12-8-13(16)10-17-9-12)18-14-4-6-15(2,3)7-5-14/h8-11,14,18H,4-7H2,1-3H3. The zero-order chi connectivity index (χ0) is 13.2. The van der Waals surface area contributed by atoms with Crippen LogP contribution in [0.1, 0.15) is 58.1 Å². The third kappa shape index (κ3) is 3.52. The van der Waals surface area contributed by atoms with Crippen molar-refractivity contribution in [2.75, 3.05) is 0 Å². The van der Waals surface area contributed by atoms with Gasteiger partial charge < -0.3 is 5.32 Å². The van der Waals surface area contributed by atoms with Gasteiger partial charge in [-0.1, -0.05) is 13.8 Å². The van der Waals surface area contributed by atoms with Crippen molar-refractivity contribution in [3.8, 4) is 0 Å². The highest BCUT2D eigenvalue weighted by Gasteiger charge is 2.27. The van der Waals surface area contributed by atoms with E-state index < -0.39 is 0 Å². The van der Waals surface area contributed by atoms with Gasteiger partial charge in [-0.05, 0) is 49.7 Å². The van der Waals surface area contributed by atoms with Gasteiger partial charge in [-0.25, -0.2) is 4.39 Å². The molecule has 2 nitrogen and oxygen atoms in total. The molecule has 1 atom stereocenters. The SMILES string of the molecule is CC(NC1CCC(C)(C)CC1)c1cncc(F)c1. The molecular formula is C15H23FN2. The quantitative estimate of drug-likeness (QED) is 0.881. The number of aromatic nitrogens is 1. The van der Waals surface area contributed by atoms with Gasteiger partial charge in [-0.2, -0.15) is 0 Å². The van der Waals surface area contributed by atoms with Crippen LogP contribution < -0.4 is 5.32 Å². The van der Waals surface area contributed by atoms with E-state index in [9.17, 15) is 4.39 Å². The third-order valence-electron chi connectivity index (χ3n) is 4.05. The molecule has 1 aromatic rings. The predicted molar refractivity (Wildman–Crippen MR) is 71.8 cm³/mol. The largest absolute Gasteiger partial charge is 0.307 e. The first kappa shape index (κ1) is 13.5. The van der Waals surface area contributed by atoms with Crippen LogP contribution in [0.3, 0.4) is 0 Å². The first-order chi connectivity index (χ1) is 8.46. The van der Waals surface area contributed by atoms with Crippen molar-refractivity contribution in [1.82, 2.24) is 10.3 Å². The number of halogens is 1. The molecule has 1 aromatic heterocycles. The highest BCUT2D eigenvalue weighted by molar-refractivity contribution is 5.14. The minimum atomic E-state index is -0.258. The van der Waals surface area contributed by atoms with Crippen LogP contribution in [0, 0.1) is 11.2 Å². The molecule has 1 unspecified atom stereocenters. The lowest BCUT2D eigenvalue weighted by atomic mass is 9.75. The molecule has 100 valence electrons. The van der Waals surface area contributed by atoms with E-state index in [1.807, 2.05) is 0 Å². The molecule has 0 saturated heterocycles. The maximum atomic E-state index is 13.1. The van der Waals surface area contributed by atoms with E-state index in [0.717, 1.165) is 5.56 Å². The molecule has 18 heavy (non-hydrogen) atoms. The second-order valence-electron chi connectivity index (χ2n) is 6.26. The Morgan fingerprint density at radius 3 is 2.61 bits per heavy atom. The Morgan fingerprint density at radius 2 is 2.00 bits per heavy atom. The van der Waals surface area contributed by atoms with Gasteiger partial charge in [-0.3, -0.25) is 4.98 Å². The van der Waals surface area contributed by atoms with Crippen LogP contribution in [0.5, 0.6) is 0 Å². The minimum Gasteiger partial charge on any atom is -0.307 e. The van der Waals surface area contributed by atoms with Gasteiger partial charge in [0.1, 0.15) is 5.82 Å². The van der Waals surface area contributed by atoms with E-state index in [1.54, 1.807) is 12.3 Å². The summed E-state index contributed by atoms with van der Waals surface area (Å²) >= 11 is 0. The number of hydrogen-bond donors (Lipinski definition) is 1. The number of nitrogens with one attached hydrogen (secondary N) is 1. The van der Waals surface area contributed by atoms with Crippen LogP contribution in [0.25, 0.3) is 0 Å². The molecule has 1 fully saturated rings. The van der Waals surface area contributed by atoms with Gasteiger partial charge in [-0.15, -0.1) is 0 Å². The van der Waals surface area contributed by atoms with Crippen molar-refractivity contribution in [2.45, 2.75) is 58.5 Å². The number of nitrogens with zero attached hydrogens (tertiary/aromatic N) is 1. The van der Waals surface area contributed by atoms with Crippen molar-refractivity contribution in [2.24, 2.45) is 5.41 Å². The van der Waals surface area contributed by atoms with E-state index in [1.165, 1.54) is 31.9 Å². The lowest BCUT2D eigenvalue weighted by molar-refractivity contribution is 0.200.